The molecule has 2 aliphatic rings. The van der Waals surface area contributed by atoms with E-state index >= 15 is 0 Å². The number of nitrogens with one attached hydrogen (secondary N) is 1. The minimum absolute atomic E-state index is 0.0563. The summed E-state index contributed by atoms with van der Waals surface area (Å²) < 4.78 is 0. The van der Waals surface area contributed by atoms with Crippen LogP contribution >= 0.6 is 0 Å². The van der Waals surface area contributed by atoms with Gasteiger partial charge in [-0.15, -0.1) is 0 Å². The van der Waals surface area contributed by atoms with E-state index in [-0.39, 0.29) is 11.9 Å². The van der Waals surface area contributed by atoms with Crippen LogP contribution in [0.1, 0.15) is 25.5 Å². The Morgan fingerprint density at radius 1 is 1.30 bits per heavy atom. The van der Waals surface area contributed by atoms with Crippen molar-refractivity contribution >= 4 is 5.91 Å². The molecule has 3 atom stereocenters. The Bertz CT molecular complexity index is 494. The fourth-order valence-electron chi connectivity index (χ4n) is 3.58. The Balaban J connectivity index is 1.95. The topological polar surface area (TPSA) is 58.4 Å². The molecule has 1 amide bonds. The van der Waals surface area contributed by atoms with E-state index in [0.29, 0.717) is 11.8 Å². The average Bonchev–Trinajstić information content (AvgIpc) is 2.97. The molecule has 2 saturated heterocycles. The van der Waals surface area contributed by atoms with E-state index < -0.39 is 5.54 Å². The van der Waals surface area contributed by atoms with Crippen molar-refractivity contribution in [3.8, 4) is 0 Å². The molecule has 108 valence electrons. The highest BCUT2D eigenvalue weighted by Gasteiger charge is 2.48. The highest BCUT2D eigenvalue weighted by atomic mass is 16.2. The predicted octanol–water partition coefficient (Wildman–Crippen LogP) is 1.14. The Morgan fingerprint density at radius 2 is 2.00 bits per heavy atom. The molecule has 0 spiro atoms. The summed E-state index contributed by atoms with van der Waals surface area (Å²) in [5.74, 6) is 1.11. The van der Waals surface area contributed by atoms with Crippen molar-refractivity contribution in [2.45, 2.75) is 25.4 Å². The number of hydrogen-bond donors (Lipinski definition) is 2. The monoisotopic (exact) mass is 273 g/mol. The molecule has 0 unspecified atom stereocenters. The lowest BCUT2D eigenvalue weighted by molar-refractivity contribution is -0.137. The van der Waals surface area contributed by atoms with Gasteiger partial charge in [0.1, 0.15) is 0 Å². The number of benzene rings is 1. The van der Waals surface area contributed by atoms with Crippen LogP contribution in [0.2, 0.25) is 0 Å². The summed E-state index contributed by atoms with van der Waals surface area (Å²) in [5, 5.41) is 3.45. The molecule has 0 aliphatic carbocycles. The molecule has 2 aliphatic heterocycles. The zero-order chi connectivity index (χ0) is 14.3. The van der Waals surface area contributed by atoms with Crippen LogP contribution in [-0.4, -0.2) is 36.0 Å². The number of carbonyl (C=O) groups is 1. The molecule has 4 nitrogen and oxygen atoms in total. The Labute approximate surface area is 120 Å². The maximum absolute atomic E-state index is 12.7. The number of likely N-dealkylation sites (tertiary alicyclic amines) is 1. The number of rotatable bonds is 2. The lowest BCUT2D eigenvalue weighted by atomic mass is 9.89. The van der Waals surface area contributed by atoms with Gasteiger partial charge in [-0.05, 0) is 25.3 Å². The van der Waals surface area contributed by atoms with Gasteiger partial charge in [0.2, 0.25) is 5.91 Å². The highest BCUT2D eigenvalue weighted by Crippen LogP contribution is 2.43. The molecule has 2 fully saturated rings. The smallest absolute Gasteiger partial charge is 0.242 e. The summed E-state index contributed by atoms with van der Waals surface area (Å²) >= 11 is 0. The molecule has 3 rings (SSSR count). The molecule has 0 radical (unpaired) electrons. The molecule has 2 heterocycles. The zero-order valence-corrected chi connectivity index (χ0v) is 12.2. The molecule has 0 saturated carbocycles. The van der Waals surface area contributed by atoms with Gasteiger partial charge in [0.05, 0.1) is 11.6 Å². The quantitative estimate of drug-likeness (QED) is 0.849. The summed E-state index contributed by atoms with van der Waals surface area (Å²) in [6.45, 7) is 6.39. The van der Waals surface area contributed by atoms with Gasteiger partial charge >= 0.3 is 0 Å². The van der Waals surface area contributed by atoms with Crippen LogP contribution in [0.4, 0.5) is 0 Å². The van der Waals surface area contributed by atoms with Crippen LogP contribution in [0.25, 0.3) is 0 Å². The van der Waals surface area contributed by atoms with Gasteiger partial charge in [-0.2, -0.15) is 0 Å². The fraction of sp³-hybridized carbons (Fsp3) is 0.562. The molecule has 1 aromatic carbocycles. The number of amides is 1. The maximum Gasteiger partial charge on any atom is 0.242 e. The van der Waals surface area contributed by atoms with Crippen molar-refractivity contribution < 1.29 is 4.79 Å². The third kappa shape index (κ3) is 2.23. The van der Waals surface area contributed by atoms with Crippen molar-refractivity contribution in [1.29, 1.82) is 0 Å². The second-order valence-corrected chi connectivity index (χ2v) is 6.62. The van der Waals surface area contributed by atoms with E-state index in [0.717, 1.165) is 19.6 Å². The van der Waals surface area contributed by atoms with Crippen LogP contribution in [-0.2, 0) is 4.79 Å². The van der Waals surface area contributed by atoms with Crippen molar-refractivity contribution in [1.82, 2.24) is 10.2 Å². The third-order valence-corrected chi connectivity index (χ3v) is 4.52. The van der Waals surface area contributed by atoms with E-state index in [1.54, 1.807) is 13.8 Å². The van der Waals surface area contributed by atoms with Crippen LogP contribution in [0, 0.1) is 11.8 Å². The lowest BCUT2D eigenvalue weighted by Crippen LogP contribution is -2.51. The molecule has 4 heteroatoms. The van der Waals surface area contributed by atoms with Crippen LogP contribution in [0.15, 0.2) is 30.3 Å². The van der Waals surface area contributed by atoms with E-state index in [2.05, 4.69) is 17.4 Å². The second kappa shape index (κ2) is 4.86. The Hall–Kier alpha value is -1.39. The van der Waals surface area contributed by atoms with Crippen molar-refractivity contribution in [3.63, 3.8) is 0 Å². The number of carbonyl (C=O) groups excluding carboxylic acids is 1. The molecule has 20 heavy (non-hydrogen) atoms. The summed E-state index contributed by atoms with van der Waals surface area (Å²) in [6.07, 6.45) is 0. The van der Waals surface area contributed by atoms with E-state index in [9.17, 15) is 4.79 Å². The first-order valence-corrected chi connectivity index (χ1v) is 7.34. The molecule has 0 aromatic heterocycles. The van der Waals surface area contributed by atoms with Crippen molar-refractivity contribution in [2.75, 3.05) is 19.6 Å². The zero-order valence-electron chi connectivity index (χ0n) is 12.2. The molecule has 0 bridgehead atoms. The second-order valence-electron chi connectivity index (χ2n) is 6.62. The molecular formula is C16H23N3O. The maximum atomic E-state index is 12.7. The summed E-state index contributed by atoms with van der Waals surface area (Å²) in [7, 11) is 0. The van der Waals surface area contributed by atoms with E-state index in [1.165, 1.54) is 5.56 Å². The molecule has 1 aromatic rings. The van der Waals surface area contributed by atoms with Gasteiger partial charge in [0.25, 0.3) is 0 Å². The van der Waals surface area contributed by atoms with E-state index in [4.69, 9.17) is 5.73 Å². The summed E-state index contributed by atoms with van der Waals surface area (Å²) in [4.78, 5) is 14.7. The highest BCUT2D eigenvalue weighted by molar-refractivity contribution is 5.86. The number of nitrogens with two attached hydrogens (primary N) is 1. The number of hydrogen-bond acceptors (Lipinski definition) is 3. The van der Waals surface area contributed by atoms with Crippen LogP contribution in [0.5, 0.6) is 0 Å². The van der Waals surface area contributed by atoms with Crippen molar-refractivity contribution in [2.24, 2.45) is 17.6 Å². The molecule has 3 N–H and O–H groups in total. The van der Waals surface area contributed by atoms with Crippen LogP contribution < -0.4 is 11.1 Å². The van der Waals surface area contributed by atoms with Gasteiger partial charge < -0.3 is 16.0 Å². The first kappa shape index (κ1) is 13.6. The van der Waals surface area contributed by atoms with E-state index in [1.807, 2.05) is 23.1 Å². The van der Waals surface area contributed by atoms with Crippen LogP contribution in [0.3, 0.4) is 0 Å². The summed E-state index contributed by atoms with van der Waals surface area (Å²) in [5.41, 5.74) is 6.46. The predicted molar refractivity (Wildman–Crippen MR) is 79.0 cm³/mol. The van der Waals surface area contributed by atoms with Gasteiger partial charge in [-0.25, -0.2) is 0 Å². The first-order valence-electron chi connectivity index (χ1n) is 7.34. The minimum Gasteiger partial charge on any atom is -0.333 e. The Morgan fingerprint density at radius 3 is 2.65 bits per heavy atom. The van der Waals surface area contributed by atoms with Gasteiger partial charge in [-0.1, -0.05) is 30.3 Å². The fourth-order valence-corrected chi connectivity index (χ4v) is 3.58. The van der Waals surface area contributed by atoms with Gasteiger partial charge in [0.15, 0.2) is 0 Å². The molecular weight excluding hydrogens is 250 g/mol. The largest absolute Gasteiger partial charge is 0.333 e. The van der Waals surface area contributed by atoms with Gasteiger partial charge in [-0.3, -0.25) is 4.79 Å². The van der Waals surface area contributed by atoms with Crippen molar-refractivity contribution in [3.05, 3.63) is 35.9 Å². The minimum atomic E-state index is -0.806. The Kier molecular flexibility index (Phi) is 3.30. The lowest BCUT2D eigenvalue weighted by Gasteiger charge is -2.33. The van der Waals surface area contributed by atoms with Gasteiger partial charge in [0, 0.05) is 25.6 Å². The normalized spacial score (nSPS) is 29.6. The average molecular weight is 273 g/mol. The number of nitrogens with zero attached hydrogens (tertiary/aromatic N) is 1. The summed E-state index contributed by atoms with van der Waals surface area (Å²) in [6, 6.07) is 10.5. The number of fused-ring (bicyclic) bond motifs is 1. The SMILES string of the molecule is CC(C)(N)C(=O)N1C[C@@H]2CNC[C@@H]2[C@H]1c1ccccc1. The first-order chi connectivity index (χ1) is 9.48. The standard InChI is InChI=1S/C16H23N3O/c1-16(2,17)15(20)19-10-12-8-18-9-13(12)14(19)11-6-4-3-5-7-11/h3-7,12-14,18H,8-10,17H2,1-2H3/t12-,13-,14+/m0/s1. The third-order valence-electron chi connectivity index (χ3n) is 4.52.